The summed E-state index contributed by atoms with van der Waals surface area (Å²) >= 11 is 0. The Hall–Kier alpha value is -1.75. The zero-order valence-corrected chi connectivity index (χ0v) is 16.4. The number of aliphatic imine (C=N–C) groups is 1. The molecular weight excluding hydrogens is 366 g/mol. The molecule has 1 aromatic carbocycles. The Labute approximate surface area is 165 Å². The summed E-state index contributed by atoms with van der Waals surface area (Å²) in [7, 11) is 1.51. The van der Waals surface area contributed by atoms with E-state index in [-0.39, 0.29) is 39.0 Å². The van der Waals surface area contributed by atoms with Gasteiger partial charge in [0.1, 0.15) is 12.2 Å². The van der Waals surface area contributed by atoms with Crippen LogP contribution in [-0.2, 0) is 27.2 Å². The van der Waals surface area contributed by atoms with Gasteiger partial charge >= 0.3 is 0 Å². The molecule has 0 amide bonds. The summed E-state index contributed by atoms with van der Waals surface area (Å²) in [5.74, 6) is 0.0621. The van der Waals surface area contributed by atoms with Crippen molar-refractivity contribution in [1.82, 2.24) is 0 Å². The Morgan fingerprint density at radius 3 is 2.25 bits per heavy atom. The molecule has 0 aromatic heterocycles. The molecule has 0 spiro atoms. The highest BCUT2D eigenvalue weighted by Gasteiger charge is 2.12. The lowest BCUT2D eigenvalue weighted by molar-refractivity contribution is -0.0830. The SMILES string of the molecule is COCC(CO)OCC(O)COCC(O)CCc1ccc(CN=C(N)N)cc1. The summed E-state index contributed by atoms with van der Waals surface area (Å²) in [4.78, 5) is 3.95. The van der Waals surface area contributed by atoms with Crippen LogP contribution in [0.25, 0.3) is 0 Å². The number of nitrogens with zero attached hydrogens (tertiary/aromatic N) is 1. The van der Waals surface area contributed by atoms with Gasteiger partial charge in [0.25, 0.3) is 0 Å². The maximum absolute atomic E-state index is 10.0. The number of hydrogen-bond donors (Lipinski definition) is 5. The molecular formula is C19H33N3O6. The molecule has 0 aliphatic heterocycles. The van der Waals surface area contributed by atoms with Crippen LogP contribution in [0.15, 0.2) is 29.3 Å². The Morgan fingerprint density at radius 1 is 1.00 bits per heavy atom. The highest BCUT2D eigenvalue weighted by molar-refractivity contribution is 5.75. The van der Waals surface area contributed by atoms with Gasteiger partial charge in [0.2, 0.25) is 0 Å². The number of nitrogens with two attached hydrogens (primary N) is 2. The molecule has 3 atom stereocenters. The first-order valence-corrected chi connectivity index (χ1v) is 9.23. The van der Waals surface area contributed by atoms with Crippen LogP contribution in [0.1, 0.15) is 17.5 Å². The minimum Gasteiger partial charge on any atom is -0.394 e. The van der Waals surface area contributed by atoms with Crippen molar-refractivity contribution in [2.45, 2.75) is 37.7 Å². The van der Waals surface area contributed by atoms with Gasteiger partial charge in [-0.15, -0.1) is 0 Å². The van der Waals surface area contributed by atoms with E-state index in [0.29, 0.717) is 19.4 Å². The summed E-state index contributed by atoms with van der Waals surface area (Å²) in [5.41, 5.74) is 12.7. The normalized spacial score (nSPS) is 14.4. The van der Waals surface area contributed by atoms with E-state index in [1.54, 1.807) is 0 Å². The van der Waals surface area contributed by atoms with Gasteiger partial charge in [-0.3, -0.25) is 0 Å². The molecule has 0 bridgehead atoms. The zero-order valence-electron chi connectivity index (χ0n) is 16.4. The molecule has 9 nitrogen and oxygen atoms in total. The predicted molar refractivity (Wildman–Crippen MR) is 106 cm³/mol. The summed E-state index contributed by atoms with van der Waals surface area (Å²) in [6.07, 6.45) is -0.700. The lowest BCUT2D eigenvalue weighted by Crippen LogP contribution is -2.31. The second-order valence-electron chi connectivity index (χ2n) is 6.53. The van der Waals surface area contributed by atoms with Gasteiger partial charge in [0.15, 0.2) is 5.96 Å². The average Bonchev–Trinajstić information content (AvgIpc) is 2.68. The van der Waals surface area contributed by atoms with Crippen molar-refractivity contribution in [2.24, 2.45) is 16.5 Å². The smallest absolute Gasteiger partial charge is 0.186 e. The molecule has 0 saturated carbocycles. The molecule has 0 aliphatic carbocycles. The third-order valence-electron chi connectivity index (χ3n) is 3.93. The molecule has 1 rings (SSSR count). The van der Waals surface area contributed by atoms with Crippen molar-refractivity contribution in [3.8, 4) is 0 Å². The van der Waals surface area contributed by atoms with Gasteiger partial charge in [-0.1, -0.05) is 24.3 Å². The molecule has 1 aromatic rings. The van der Waals surface area contributed by atoms with Crippen LogP contribution in [0.2, 0.25) is 0 Å². The quantitative estimate of drug-likeness (QED) is 0.189. The van der Waals surface area contributed by atoms with E-state index >= 15 is 0 Å². The van der Waals surface area contributed by atoms with Crippen LogP contribution in [0.3, 0.4) is 0 Å². The largest absolute Gasteiger partial charge is 0.394 e. The average molecular weight is 399 g/mol. The van der Waals surface area contributed by atoms with Gasteiger partial charge in [0, 0.05) is 7.11 Å². The van der Waals surface area contributed by atoms with Crippen molar-refractivity contribution < 1.29 is 29.5 Å². The molecule has 0 fully saturated rings. The molecule has 0 aliphatic rings. The predicted octanol–water partition coefficient (Wildman–Crippen LogP) is -0.845. The number of aliphatic hydroxyl groups is 3. The number of benzene rings is 1. The second kappa shape index (κ2) is 14.3. The highest BCUT2D eigenvalue weighted by Crippen LogP contribution is 2.09. The second-order valence-corrected chi connectivity index (χ2v) is 6.53. The summed E-state index contributed by atoms with van der Waals surface area (Å²) in [5, 5.41) is 28.9. The Morgan fingerprint density at radius 2 is 1.64 bits per heavy atom. The van der Waals surface area contributed by atoms with Crippen LogP contribution in [-0.4, -0.2) is 79.7 Å². The maximum Gasteiger partial charge on any atom is 0.186 e. The third kappa shape index (κ3) is 11.2. The van der Waals surface area contributed by atoms with Crippen LogP contribution in [0.5, 0.6) is 0 Å². The Bertz CT molecular complexity index is 551. The number of methoxy groups -OCH3 is 1. The molecule has 28 heavy (non-hydrogen) atoms. The molecule has 7 N–H and O–H groups in total. The van der Waals surface area contributed by atoms with Crippen LogP contribution >= 0.6 is 0 Å². The van der Waals surface area contributed by atoms with Crippen molar-refractivity contribution in [1.29, 1.82) is 0 Å². The number of rotatable bonds is 15. The van der Waals surface area contributed by atoms with E-state index < -0.39 is 18.3 Å². The summed E-state index contributed by atoms with van der Waals surface area (Å²) < 4.78 is 15.5. The van der Waals surface area contributed by atoms with Crippen LogP contribution in [0, 0.1) is 0 Å². The topological polar surface area (TPSA) is 153 Å². The van der Waals surface area contributed by atoms with E-state index in [1.165, 1.54) is 7.11 Å². The van der Waals surface area contributed by atoms with Crippen molar-refractivity contribution >= 4 is 5.96 Å². The number of hydrogen-bond acceptors (Lipinski definition) is 7. The highest BCUT2D eigenvalue weighted by atomic mass is 16.5. The van der Waals surface area contributed by atoms with Gasteiger partial charge in [0.05, 0.1) is 45.7 Å². The van der Waals surface area contributed by atoms with Gasteiger partial charge in [-0.25, -0.2) is 4.99 Å². The van der Waals surface area contributed by atoms with E-state index in [0.717, 1.165) is 11.1 Å². The van der Waals surface area contributed by atoms with Crippen LogP contribution in [0.4, 0.5) is 0 Å². The molecule has 3 unspecified atom stereocenters. The van der Waals surface area contributed by atoms with Gasteiger partial charge in [-0.05, 0) is 24.0 Å². The van der Waals surface area contributed by atoms with E-state index in [4.69, 9.17) is 30.8 Å². The standard InChI is InChI=1S/C19H33N3O6/c1-26-13-18(9-23)28-12-17(25)11-27-10-16(24)7-6-14-2-4-15(5-3-14)8-22-19(20)21/h2-5,16-18,23-25H,6-13H2,1H3,(H4,20,21,22). The fourth-order valence-electron chi connectivity index (χ4n) is 2.39. The first-order valence-electron chi connectivity index (χ1n) is 9.23. The minimum atomic E-state index is -0.837. The molecule has 9 heteroatoms. The van der Waals surface area contributed by atoms with Gasteiger partial charge in [-0.2, -0.15) is 0 Å². The number of ether oxygens (including phenoxy) is 3. The van der Waals surface area contributed by atoms with Crippen LogP contribution < -0.4 is 11.5 Å². The number of aliphatic hydroxyl groups excluding tert-OH is 3. The molecule has 160 valence electrons. The fourth-order valence-corrected chi connectivity index (χ4v) is 2.39. The van der Waals surface area contributed by atoms with Crippen molar-refractivity contribution in [3.05, 3.63) is 35.4 Å². The van der Waals surface area contributed by atoms with Crippen molar-refractivity contribution in [3.63, 3.8) is 0 Å². The number of guanidine groups is 1. The third-order valence-corrected chi connectivity index (χ3v) is 3.93. The maximum atomic E-state index is 10.0. The van der Waals surface area contributed by atoms with Crippen molar-refractivity contribution in [2.75, 3.05) is 40.1 Å². The Kier molecular flexibility index (Phi) is 12.4. The van der Waals surface area contributed by atoms with E-state index in [9.17, 15) is 10.2 Å². The monoisotopic (exact) mass is 399 g/mol. The minimum absolute atomic E-state index is 0.0247. The number of aryl methyl sites for hydroxylation is 1. The molecule has 0 heterocycles. The van der Waals surface area contributed by atoms with Gasteiger partial charge < -0.3 is 41.0 Å². The molecule has 0 saturated heterocycles. The zero-order chi connectivity index (χ0) is 20.8. The van der Waals surface area contributed by atoms with E-state index in [1.807, 2.05) is 24.3 Å². The first-order chi connectivity index (χ1) is 13.4. The molecule has 0 radical (unpaired) electrons. The lowest BCUT2D eigenvalue weighted by Gasteiger charge is -2.18. The Balaban J connectivity index is 2.19. The van der Waals surface area contributed by atoms with E-state index in [2.05, 4.69) is 4.99 Å². The fraction of sp³-hybridized carbons (Fsp3) is 0.632. The summed E-state index contributed by atoms with van der Waals surface area (Å²) in [6, 6.07) is 7.85. The summed E-state index contributed by atoms with van der Waals surface area (Å²) in [6.45, 7) is 0.697. The first kappa shape index (κ1) is 24.3. The lowest BCUT2D eigenvalue weighted by atomic mass is 10.1.